The number of β-amino-alcohol motifs (C(OH)–C–C–N with tert-alkyl or cyclic N) is 1. The number of carbonyl (C=O) groups is 2. The number of piperidine rings is 2. The highest BCUT2D eigenvalue weighted by atomic mass is 16.3. The van der Waals surface area contributed by atoms with E-state index in [0.717, 1.165) is 43.4 Å². The topological polar surface area (TPSA) is 60.9 Å². The Morgan fingerprint density at radius 1 is 0.960 bits per heavy atom. The quantitative estimate of drug-likeness (QED) is 0.894. The van der Waals surface area contributed by atoms with Crippen LogP contribution in [0.2, 0.25) is 0 Å². The molecule has 0 saturated carbocycles. The Morgan fingerprint density at radius 2 is 1.60 bits per heavy atom. The highest BCUT2D eigenvalue weighted by Gasteiger charge is 2.33. The Labute approximate surface area is 149 Å². The highest BCUT2D eigenvalue weighted by Crippen LogP contribution is 2.23. The molecule has 1 aromatic rings. The largest absolute Gasteiger partial charge is 0.391 e. The molecule has 25 heavy (non-hydrogen) atoms. The summed E-state index contributed by atoms with van der Waals surface area (Å²) in [5.41, 5.74) is 2.87. The van der Waals surface area contributed by atoms with E-state index in [1.54, 1.807) is 4.90 Å². The molecule has 2 aliphatic heterocycles. The summed E-state index contributed by atoms with van der Waals surface area (Å²) in [5.74, 6) is -0.0337. The highest BCUT2D eigenvalue weighted by molar-refractivity contribution is 5.95. The van der Waals surface area contributed by atoms with Gasteiger partial charge >= 0.3 is 0 Å². The fourth-order valence-electron chi connectivity index (χ4n) is 4.06. The van der Waals surface area contributed by atoms with Crippen molar-refractivity contribution in [3.63, 3.8) is 0 Å². The first kappa shape index (κ1) is 17.9. The van der Waals surface area contributed by atoms with Crippen LogP contribution in [-0.2, 0) is 4.79 Å². The van der Waals surface area contributed by atoms with Gasteiger partial charge in [0, 0.05) is 31.7 Å². The molecule has 3 rings (SSSR count). The van der Waals surface area contributed by atoms with Gasteiger partial charge < -0.3 is 14.9 Å². The molecule has 1 unspecified atom stereocenters. The number of amides is 2. The molecule has 0 radical (unpaired) electrons. The Morgan fingerprint density at radius 3 is 2.28 bits per heavy atom. The molecule has 2 amide bonds. The summed E-state index contributed by atoms with van der Waals surface area (Å²) < 4.78 is 0. The second-order valence-electron chi connectivity index (χ2n) is 7.55. The average Bonchev–Trinajstić information content (AvgIpc) is 2.59. The Balaban J connectivity index is 1.68. The van der Waals surface area contributed by atoms with Gasteiger partial charge in [0.2, 0.25) is 5.91 Å². The van der Waals surface area contributed by atoms with Crippen molar-refractivity contribution >= 4 is 11.8 Å². The Hall–Kier alpha value is -1.88. The van der Waals surface area contributed by atoms with Crippen molar-refractivity contribution in [2.24, 2.45) is 5.92 Å². The van der Waals surface area contributed by atoms with Gasteiger partial charge in [-0.15, -0.1) is 0 Å². The van der Waals surface area contributed by atoms with Gasteiger partial charge in [0.15, 0.2) is 0 Å². The third-order valence-corrected chi connectivity index (χ3v) is 5.23. The number of benzene rings is 1. The molecule has 2 saturated heterocycles. The summed E-state index contributed by atoms with van der Waals surface area (Å²) in [6, 6.07) is 5.89. The third kappa shape index (κ3) is 4.21. The van der Waals surface area contributed by atoms with E-state index in [9.17, 15) is 14.7 Å². The van der Waals surface area contributed by atoms with Crippen molar-refractivity contribution < 1.29 is 14.7 Å². The van der Waals surface area contributed by atoms with Gasteiger partial charge in [-0.3, -0.25) is 9.59 Å². The summed E-state index contributed by atoms with van der Waals surface area (Å²) in [5, 5.41) is 9.81. The number of aliphatic hydroxyl groups excluding tert-OH is 1. The van der Waals surface area contributed by atoms with E-state index in [1.165, 1.54) is 0 Å². The normalized spacial score (nSPS) is 24.3. The van der Waals surface area contributed by atoms with Crippen molar-refractivity contribution in [1.29, 1.82) is 0 Å². The van der Waals surface area contributed by atoms with Gasteiger partial charge in [0.05, 0.1) is 12.0 Å². The lowest BCUT2D eigenvalue weighted by Gasteiger charge is -2.37. The second kappa shape index (κ2) is 7.56. The Kier molecular flexibility index (Phi) is 5.42. The van der Waals surface area contributed by atoms with Crippen LogP contribution in [-0.4, -0.2) is 59.0 Å². The molecule has 5 nitrogen and oxygen atoms in total. The lowest BCUT2D eigenvalue weighted by molar-refractivity contribution is -0.140. The summed E-state index contributed by atoms with van der Waals surface area (Å²) >= 11 is 0. The number of hydrogen-bond donors (Lipinski definition) is 1. The van der Waals surface area contributed by atoms with Crippen LogP contribution in [0.15, 0.2) is 18.2 Å². The van der Waals surface area contributed by atoms with Crippen molar-refractivity contribution in [2.75, 3.05) is 26.2 Å². The molecule has 2 atom stereocenters. The van der Waals surface area contributed by atoms with E-state index in [-0.39, 0.29) is 17.7 Å². The fraction of sp³-hybridized carbons (Fsp3) is 0.600. The lowest BCUT2D eigenvalue weighted by Crippen LogP contribution is -2.50. The predicted molar refractivity (Wildman–Crippen MR) is 96.4 cm³/mol. The molecule has 0 spiro atoms. The van der Waals surface area contributed by atoms with E-state index in [1.807, 2.05) is 30.9 Å². The minimum absolute atomic E-state index is 0.0166. The van der Waals surface area contributed by atoms with Crippen LogP contribution in [0.25, 0.3) is 0 Å². The summed E-state index contributed by atoms with van der Waals surface area (Å²) in [4.78, 5) is 29.3. The van der Waals surface area contributed by atoms with Crippen LogP contribution in [0.3, 0.4) is 0 Å². The molecule has 1 aromatic carbocycles. The first-order valence-corrected chi connectivity index (χ1v) is 9.28. The van der Waals surface area contributed by atoms with Crippen LogP contribution in [0.4, 0.5) is 0 Å². The molecule has 136 valence electrons. The SMILES string of the molecule is Cc1cc(C)cc(C(=O)N2CCCC(C(=O)N3CCC[C@@H](O)C3)C2)c1. The minimum Gasteiger partial charge on any atom is -0.391 e. The van der Waals surface area contributed by atoms with Crippen molar-refractivity contribution in [1.82, 2.24) is 9.80 Å². The molecule has 2 aliphatic rings. The van der Waals surface area contributed by atoms with E-state index in [2.05, 4.69) is 6.07 Å². The molecular weight excluding hydrogens is 316 g/mol. The summed E-state index contributed by atoms with van der Waals surface area (Å²) in [6.45, 7) is 6.33. The third-order valence-electron chi connectivity index (χ3n) is 5.23. The maximum absolute atomic E-state index is 12.9. The first-order valence-electron chi connectivity index (χ1n) is 9.28. The van der Waals surface area contributed by atoms with E-state index in [4.69, 9.17) is 0 Å². The monoisotopic (exact) mass is 344 g/mol. The van der Waals surface area contributed by atoms with Crippen LogP contribution in [0.5, 0.6) is 0 Å². The van der Waals surface area contributed by atoms with Gasteiger partial charge in [0.1, 0.15) is 0 Å². The number of nitrogens with zero attached hydrogens (tertiary/aromatic N) is 2. The van der Waals surface area contributed by atoms with Crippen LogP contribution >= 0.6 is 0 Å². The zero-order valence-electron chi connectivity index (χ0n) is 15.2. The van der Waals surface area contributed by atoms with Crippen molar-refractivity contribution in [3.8, 4) is 0 Å². The van der Waals surface area contributed by atoms with E-state index < -0.39 is 6.10 Å². The lowest BCUT2D eigenvalue weighted by atomic mass is 9.94. The molecule has 0 bridgehead atoms. The average molecular weight is 344 g/mol. The van der Waals surface area contributed by atoms with Gasteiger partial charge in [-0.2, -0.15) is 0 Å². The fourth-order valence-corrected chi connectivity index (χ4v) is 4.06. The number of aryl methyl sites for hydroxylation is 2. The smallest absolute Gasteiger partial charge is 0.253 e. The van der Waals surface area contributed by atoms with Gasteiger partial charge in [-0.05, 0) is 51.7 Å². The predicted octanol–water partition coefficient (Wildman–Crippen LogP) is 2.14. The van der Waals surface area contributed by atoms with Crippen molar-refractivity contribution in [3.05, 3.63) is 34.9 Å². The Bertz CT molecular complexity index is 638. The number of carbonyl (C=O) groups excluding carboxylic acids is 2. The molecule has 2 heterocycles. The van der Waals surface area contributed by atoms with E-state index in [0.29, 0.717) is 25.2 Å². The van der Waals surface area contributed by atoms with Crippen molar-refractivity contribution in [2.45, 2.75) is 45.6 Å². The summed E-state index contributed by atoms with van der Waals surface area (Å²) in [7, 11) is 0. The molecule has 0 aliphatic carbocycles. The standard InChI is InChI=1S/C20H28N2O3/c1-14-9-15(2)11-17(10-14)20(25)21-7-3-5-16(12-21)19(24)22-8-4-6-18(23)13-22/h9-11,16,18,23H,3-8,12-13H2,1-2H3/t16?,18-/m1/s1. The van der Waals surface area contributed by atoms with Crippen LogP contribution in [0.1, 0.15) is 47.2 Å². The maximum Gasteiger partial charge on any atom is 0.253 e. The first-order chi connectivity index (χ1) is 11.9. The van der Waals surface area contributed by atoms with Crippen LogP contribution in [0, 0.1) is 19.8 Å². The minimum atomic E-state index is -0.408. The maximum atomic E-state index is 12.9. The molecule has 1 N–H and O–H groups in total. The number of rotatable bonds is 2. The van der Waals surface area contributed by atoms with Crippen LogP contribution < -0.4 is 0 Å². The van der Waals surface area contributed by atoms with E-state index >= 15 is 0 Å². The molecular formula is C20H28N2O3. The van der Waals surface area contributed by atoms with Gasteiger partial charge in [-0.1, -0.05) is 17.2 Å². The number of hydrogen-bond acceptors (Lipinski definition) is 3. The zero-order chi connectivity index (χ0) is 18.0. The number of aliphatic hydroxyl groups is 1. The van der Waals surface area contributed by atoms with Gasteiger partial charge in [0.25, 0.3) is 5.91 Å². The molecule has 2 fully saturated rings. The zero-order valence-corrected chi connectivity index (χ0v) is 15.2. The van der Waals surface area contributed by atoms with Gasteiger partial charge in [-0.25, -0.2) is 0 Å². The molecule has 0 aromatic heterocycles. The second-order valence-corrected chi connectivity index (χ2v) is 7.55. The summed E-state index contributed by atoms with van der Waals surface area (Å²) in [6.07, 6.45) is 2.89. The number of likely N-dealkylation sites (tertiary alicyclic amines) is 2. The molecule has 5 heteroatoms.